The standard InChI is InChI=1S/C22H26N4O4S/c1-16-4-6-18(7-5-16)22-23-21(30-24-22)15-25-10-12-26(13-11-25)31(27,28)19-8-9-20(29-3)17(2)14-19/h4-9,14H,10-13,15H2,1-3H3. The summed E-state index contributed by atoms with van der Waals surface area (Å²) in [5.74, 6) is 1.76. The van der Waals surface area contributed by atoms with Crippen LogP contribution in [0.15, 0.2) is 51.9 Å². The second-order valence-corrected chi connectivity index (χ2v) is 9.63. The fourth-order valence-corrected chi connectivity index (χ4v) is 5.13. The Labute approximate surface area is 182 Å². The zero-order valence-electron chi connectivity index (χ0n) is 17.9. The summed E-state index contributed by atoms with van der Waals surface area (Å²) in [6.07, 6.45) is 0. The van der Waals surface area contributed by atoms with Crippen LogP contribution in [0.5, 0.6) is 5.75 Å². The largest absolute Gasteiger partial charge is 0.496 e. The van der Waals surface area contributed by atoms with Crippen LogP contribution < -0.4 is 4.74 Å². The van der Waals surface area contributed by atoms with Gasteiger partial charge in [-0.3, -0.25) is 4.90 Å². The van der Waals surface area contributed by atoms with Crippen molar-refractivity contribution in [1.82, 2.24) is 19.3 Å². The number of nitrogens with zero attached hydrogens (tertiary/aromatic N) is 4. The molecule has 164 valence electrons. The zero-order chi connectivity index (χ0) is 22.0. The van der Waals surface area contributed by atoms with Gasteiger partial charge in [-0.05, 0) is 37.6 Å². The number of methoxy groups -OCH3 is 1. The van der Waals surface area contributed by atoms with Crippen LogP contribution in [0.1, 0.15) is 17.0 Å². The highest BCUT2D eigenvalue weighted by Gasteiger charge is 2.29. The van der Waals surface area contributed by atoms with E-state index in [-0.39, 0.29) is 0 Å². The summed E-state index contributed by atoms with van der Waals surface area (Å²) in [5, 5.41) is 4.07. The fraction of sp³-hybridized carbons (Fsp3) is 0.364. The number of ether oxygens (including phenoxy) is 1. The summed E-state index contributed by atoms with van der Waals surface area (Å²) in [6.45, 7) is 6.37. The topological polar surface area (TPSA) is 88.8 Å². The van der Waals surface area contributed by atoms with Crippen molar-refractivity contribution >= 4 is 10.0 Å². The molecule has 0 atom stereocenters. The third-order valence-electron chi connectivity index (χ3n) is 5.47. The van der Waals surface area contributed by atoms with Crippen molar-refractivity contribution < 1.29 is 17.7 Å². The van der Waals surface area contributed by atoms with Crippen LogP contribution in [0.25, 0.3) is 11.4 Å². The molecule has 1 aromatic heterocycles. The monoisotopic (exact) mass is 442 g/mol. The summed E-state index contributed by atoms with van der Waals surface area (Å²) in [6, 6.07) is 12.9. The Morgan fingerprint density at radius 1 is 1.03 bits per heavy atom. The molecule has 0 bridgehead atoms. The van der Waals surface area contributed by atoms with Gasteiger partial charge in [0.05, 0.1) is 18.6 Å². The van der Waals surface area contributed by atoms with E-state index in [1.54, 1.807) is 25.3 Å². The minimum atomic E-state index is -3.54. The number of aromatic nitrogens is 2. The second-order valence-electron chi connectivity index (χ2n) is 7.69. The lowest BCUT2D eigenvalue weighted by Crippen LogP contribution is -2.48. The number of benzene rings is 2. The summed E-state index contributed by atoms with van der Waals surface area (Å²) >= 11 is 0. The molecular formula is C22H26N4O4S. The molecule has 0 unspecified atom stereocenters. The third-order valence-corrected chi connectivity index (χ3v) is 7.37. The van der Waals surface area contributed by atoms with E-state index in [1.807, 2.05) is 38.1 Å². The van der Waals surface area contributed by atoms with E-state index in [0.29, 0.717) is 55.1 Å². The van der Waals surface area contributed by atoms with Crippen molar-refractivity contribution in [2.45, 2.75) is 25.3 Å². The first-order chi connectivity index (χ1) is 14.9. The average Bonchev–Trinajstić information content (AvgIpc) is 3.23. The van der Waals surface area contributed by atoms with Crippen LogP contribution in [0.4, 0.5) is 0 Å². The maximum absolute atomic E-state index is 13.0. The van der Waals surface area contributed by atoms with E-state index < -0.39 is 10.0 Å². The first kappa shape index (κ1) is 21.5. The van der Waals surface area contributed by atoms with Gasteiger partial charge in [0.2, 0.25) is 21.7 Å². The summed E-state index contributed by atoms with van der Waals surface area (Å²) in [5.41, 5.74) is 2.87. The van der Waals surface area contributed by atoms with Gasteiger partial charge < -0.3 is 9.26 Å². The maximum Gasteiger partial charge on any atom is 0.243 e. The van der Waals surface area contributed by atoms with Crippen LogP contribution >= 0.6 is 0 Å². The molecule has 2 heterocycles. The van der Waals surface area contributed by atoms with Gasteiger partial charge in [0.1, 0.15) is 5.75 Å². The predicted octanol–water partition coefficient (Wildman–Crippen LogP) is 2.87. The van der Waals surface area contributed by atoms with Crippen LogP contribution in [0, 0.1) is 13.8 Å². The average molecular weight is 443 g/mol. The minimum Gasteiger partial charge on any atom is -0.496 e. The molecular weight excluding hydrogens is 416 g/mol. The van der Waals surface area contributed by atoms with E-state index in [2.05, 4.69) is 15.0 Å². The minimum absolute atomic E-state index is 0.291. The number of hydrogen-bond donors (Lipinski definition) is 0. The lowest BCUT2D eigenvalue weighted by molar-refractivity contribution is 0.163. The first-order valence-electron chi connectivity index (χ1n) is 10.1. The molecule has 1 aliphatic rings. The molecule has 0 spiro atoms. The van der Waals surface area contributed by atoms with Crippen molar-refractivity contribution in [2.75, 3.05) is 33.3 Å². The maximum atomic E-state index is 13.0. The smallest absolute Gasteiger partial charge is 0.243 e. The van der Waals surface area contributed by atoms with Gasteiger partial charge in [-0.25, -0.2) is 8.42 Å². The molecule has 0 saturated carbocycles. The quantitative estimate of drug-likeness (QED) is 0.580. The number of hydrogen-bond acceptors (Lipinski definition) is 7. The molecule has 2 aromatic carbocycles. The Kier molecular flexibility index (Phi) is 6.08. The van der Waals surface area contributed by atoms with Crippen molar-refractivity contribution in [1.29, 1.82) is 0 Å². The van der Waals surface area contributed by atoms with Gasteiger partial charge in [0, 0.05) is 31.7 Å². The molecule has 3 aromatic rings. The van der Waals surface area contributed by atoms with E-state index in [9.17, 15) is 8.42 Å². The molecule has 4 rings (SSSR count). The highest BCUT2D eigenvalue weighted by molar-refractivity contribution is 7.89. The lowest BCUT2D eigenvalue weighted by atomic mass is 10.1. The van der Waals surface area contributed by atoms with Crippen molar-refractivity contribution in [3.05, 3.63) is 59.5 Å². The molecule has 8 nitrogen and oxygen atoms in total. The number of sulfonamides is 1. The van der Waals surface area contributed by atoms with Gasteiger partial charge in [0.15, 0.2) is 0 Å². The molecule has 1 saturated heterocycles. The van der Waals surface area contributed by atoms with Crippen molar-refractivity contribution in [3.63, 3.8) is 0 Å². The molecule has 9 heteroatoms. The highest BCUT2D eigenvalue weighted by Crippen LogP contribution is 2.25. The predicted molar refractivity (Wildman–Crippen MR) is 116 cm³/mol. The molecule has 1 fully saturated rings. The Bertz CT molecular complexity index is 1150. The SMILES string of the molecule is COc1ccc(S(=O)(=O)N2CCN(Cc3nc(-c4ccc(C)cc4)no3)CC2)cc1C. The molecule has 0 aliphatic carbocycles. The zero-order valence-corrected chi connectivity index (χ0v) is 18.7. The van der Waals surface area contributed by atoms with Gasteiger partial charge >= 0.3 is 0 Å². The Hall–Kier alpha value is -2.75. The number of rotatable bonds is 6. The van der Waals surface area contributed by atoms with Gasteiger partial charge in [-0.15, -0.1) is 0 Å². The molecule has 31 heavy (non-hydrogen) atoms. The van der Waals surface area contributed by atoms with Crippen LogP contribution in [0.3, 0.4) is 0 Å². The summed E-state index contributed by atoms with van der Waals surface area (Å²) in [4.78, 5) is 6.90. The van der Waals surface area contributed by atoms with E-state index in [1.165, 1.54) is 9.87 Å². The van der Waals surface area contributed by atoms with Crippen LogP contribution in [-0.4, -0.2) is 61.1 Å². The Balaban J connectivity index is 1.37. The molecule has 0 N–H and O–H groups in total. The normalized spacial score (nSPS) is 15.8. The third kappa shape index (κ3) is 4.63. The Morgan fingerprint density at radius 3 is 2.39 bits per heavy atom. The van der Waals surface area contributed by atoms with E-state index >= 15 is 0 Å². The first-order valence-corrected chi connectivity index (χ1v) is 11.6. The molecule has 0 amide bonds. The second kappa shape index (κ2) is 8.78. The van der Waals surface area contributed by atoms with Crippen molar-refractivity contribution in [2.24, 2.45) is 0 Å². The van der Waals surface area contributed by atoms with Crippen LogP contribution in [-0.2, 0) is 16.6 Å². The van der Waals surface area contributed by atoms with Crippen molar-refractivity contribution in [3.8, 4) is 17.1 Å². The fourth-order valence-electron chi connectivity index (χ4n) is 3.62. The lowest BCUT2D eigenvalue weighted by Gasteiger charge is -2.33. The Morgan fingerprint density at radius 2 is 1.74 bits per heavy atom. The van der Waals surface area contributed by atoms with Gasteiger partial charge in [-0.1, -0.05) is 35.0 Å². The molecule has 0 radical (unpaired) electrons. The highest BCUT2D eigenvalue weighted by atomic mass is 32.2. The summed E-state index contributed by atoms with van der Waals surface area (Å²) in [7, 11) is -1.97. The number of piperazine rings is 1. The van der Waals surface area contributed by atoms with E-state index in [4.69, 9.17) is 9.26 Å². The van der Waals surface area contributed by atoms with E-state index in [0.717, 1.165) is 11.1 Å². The molecule has 1 aliphatic heterocycles. The summed E-state index contributed by atoms with van der Waals surface area (Å²) < 4.78 is 38.2. The van der Waals surface area contributed by atoms with Crippen LogP contribution in [0.2, 0.25) is 0 Å². The number of aryl methyl sites for hydroxylation is 2. The van der Waals surface area contributed by atoms with Gasteiger partial charge in [0.25, 0.3) is 0 Å². The van der Waals surface area contributed by atoms with Gasteiger partial charge in [-0.2, -0.15) is 9.29 Å².